The summed E-state index contributed by atoms with van der Waals surface area (Å²) in [6, 6.07) is 10.6. The summed E-state index contributed by atoms with van der Waals surface area (Å²) in [6.45, 7) is 6.94. The minimum atomic E-state index is 0.0498. The van der Waals surface area contributed by atoms with Gasteiger partial charge in [0.05, 0.1) is 11.6 Å². The van der Waals surface area contributed by atoms with E-state index in [-0.39, 0.29) is 5.54 Å². The molecular formula is C17H28N2O. The van der Waals surface area contributed by atoms with E-state index in [1.165, 1.54) is 12.1 Å². The van der Waals surface area contributed by atoms with Gasteiger partial charge in [-0.3, -0.25) is 0 Å². The Morgan fingerprint density at radius 2 is 2.05 bits per heavy atom. The summed E-state index contributed by atoms with van der Waals surface area (Å²) in [5.74, 6) is 0. The molecule has 20 heavy (non-hydrogen) atoms. The molecule has 1 saturated heterocycles. The number of anilines is 1. The van der Waals surface area contributed by atoms with Gasteiger partial charge in [-0.25, -0.2) is 0 Å². The van der Waals surface area contributed by atoms with E-state index < -0.39 is 0 Å². The molecule has 1 aliphatic heterocycles. The summed E-state index contributed by atoms with van der Waals surface area (Å²) in [6.07, 6.45) is 4.72. The predicted molar refractivity (Wildman–Crippen MR) is 85.1 cm³/mol. The first-order valence-electron chi connectivity index (χ1n) is 7.90. The van der Waals surface area contributed by atoms with Crippen LogP contribution in [0, 0.1) is 0 Å². The van der Waals surface area contributed by atoms with E-state index in [1.807, 2.05) is 0 Å². The van der Waals surface area contributed by atoms with Crippen LogP contribution in [0.3, 0.4) is 0 Å². The molecule has 0 bridgehead atoms. The lowest BCUT2D eigenvalue weighted by atomic mass is 9.83. The quantitative estimate of drug-likeness (QED) is 0.867. The molecule has 2 rings (SSSR count). The lowest BCUT2D eigenvalue weighted by molar-refractivity contribution is -0.0225. The number of rotatable bonds is 6. The maximum atomic E-state index is 6.21. The topological polar surface area (TPSA) is 38.5 Å². The van der Waals surface area contributed by atoms with Crippen molar-refractivity contribution in [1.82, 2.24) is 0 Å². The van der Waals surface area contributed by atoms with Crippen LogP contribution in [0.2, 0.25) is 0 Å². The summed E-state index contributed by atoms with van der Waals surface area (Å²) < 4.78 is 5.92. The fraction of sp³-hybridized carbons (Fsp3) is 0.647. The summed E-state index contributed by atoms with van der Waals surface area (Å²) in [5.41, 5.74) is 7.54. The number of hydrogen-bond acceptors (Lipinski definition) is 3. The van der Waals surface area contributed by atoms with Gasteiger partial charge in [0.2, 0.25) is 0 Å². The monoisotopic (exact) mass is 276 g/mol. The zero-order valence-corrected chi connectivity index (χ0v) is 12.8. The Labute approximate surface area is 123 Å². The van der Waals surface area contributed by atoms with Crippen LogP contribution in [0.4, 0.5) is 5.69 Å². The smallest absolute Gasteiger partial charge is 0.0597 e. The van der Waals surface area contributed by atoms with E-state index in [0.29, 0.717) is 12.6 Å². The summed E-state index contributed by atoms with van der Waals surface area (Å²) in [4.78, 5) is 2.48. The van der Waals surface area contributed by atoms with Gasteiger partial charge in [0.1, 0.15) is 0 Å². The number of nitrogens with two attached hydrogens (primary N) is 1. The minimum absolute atomic E-state index is 0.0498. The van der Waals surface area contributed by atoms with Gasteiger partial charge in [-0.05, 0) is 38.3 Å². The molecule has 1 aliphatic rings. The molecule has 1 aromatic carbocycles. The Hall–Kier alpha value is -1.06. The van der Waals surface area contributed by atoms with Gasteiger partial charge in [-0.2, -0.15) is 0 Å². The molecule has 1 heterocycles. The molecule has 1 aromatic rings. The van der Waals surface area contributed by atoms with Crippen molar-refractivity contribution < 1.29 is 4.74 Å². The van der Waals surface area contributed by atoms with E-state index in [9.17, 15) is 0 Å². The van der Waals surface area contributed by atoms with Gasteiger partial charge in [-0.15, -0.1) is 0 Å². The second-order valence-corrected chi connectivity index (χ2v) is 5.74. The molecule has 0 aliphatic carbocycles. The van der Waals surface area contributed by atoms with Crippen molar-refractivity contribution in [3.05, 3.63) is 30.3 Å². The molecule has 0 aromatic heterocycles. The van der Waals surface area contributed by atoms with Gasteiger partial charge >= 0.3 is 0 Å². The number of benzene rings is 1. The summed E-state index contributed by atoms with van der Waals surface area (Å²) in [7, 11) is 0. The van der Waals surface area contributed by atoms with Crippen molar-refractivity contribution in [3.8, 4) is 0 Å². The molecule has 0 spiro atoms. The molecular weight excluding hydrogens is 248 g/mol. The predicted octanol–water partition coefficient (Wildman–Crippen LogP) is 3.19. The lowest BCUT2D eigenvalue weighted by Crippen LogP contribution is -2.59. The van der Waals surface area contributed by atoms with E-state index in [0.717, 1.165) is 32.4 Å². The fourth-order valence-corrected chi connectivity index (χ4v) is 3.45. The van der Waals surface area contributed by atoms with Crippen molar-refractivity contribution in [2.45, 2.75) is 51.2 Å². The highest BCUT2D eigenvalue weighted by molar-refractivity contribution is 5.49. The van der Waals surface area contributed by atoms with Gasteiger partial charge in [0, 0.05) is 25.4 Å². The molecule has 2 atom stereocenters. The second-order valence-electron chi connectivity index (χ2n) is 5.74. The Morgan fingerprint density at radius 1 is 1.30 bits per heavy atom. The highest BCUT2D eigenvalue weighted by Crippen LogP contribution is 2.35. The van der Waals surface area contributed by atoms with Gasteiger partial charge in [0.15, 0.2) is 0 Å². The number of likely N-dealkylation sites (N-methyl/N-ethyl adjacent to an activating group) is 1. The highest BCUT2D eigenvalue weighted by Gasteiger charge is 2.40. The van der Waals surface area contributed by atoms with Crippen LogP contribution in [-0.2, 0) is 4.74 Å². The van der Waals surface area contributed by atoms with Gasteiger partial charge in [-0.1, -0.05) is 31.5 Å². The molecule has 2 unspecified atom stereocenters. The lowest BCUT2D eigenvalue weighted by Gasteiger charge is -2.49. The number of hydrogen-bond donors (Lipinski definition) is 1. The van der Waals surface area contributed by atoms with Crippen LogP contribution < -0.4 is 10.6 Å². The second kappa shape index (κ2) is 7.09. The summed E-state index contributed by atoms with van der Waals surface area (Å²) in [5, 5.41) is 0. The third-order valence-electron chi connectivity index (χ3n) is 4.48. The van der Waals surface area contributed by atoms with Gasteiger partial charge < -0.3 is 15.4 Å². The minimum Gasteiger partial charge on any atom is -0.378 e. The first-order chi connectivity index (χ1) is 9.75. The van der Waals surface area contributed by atoms with Crippen LogP contribution in [0.15, 0.2) is 30.3 Å². The van der Waals surface area contributed by atoms with E-state index in [2.05, 4.69) is 49.1 Å². The molecule has 3 nitrogen and oxygen atoms in total. The molecule has 0 radical (unpaired) electrons. The van der Waals surface area contributed by atoms with E-state index in [1.54, 1.807) is 0 Å². The van der Waals surface area contributed by atoms with Crippen molar-refractivity contribution in [2.75, 3.05) is 24.6 Å². The van der Waals surface area contributed by atoms with Gasteiger partial charge in [0.25, 0.3) is 0 Å². The normalized spacial score (nSPS) is 26.4. The third kappa shape index (κ3) is 3.15. The Bertz CT molecular complexity index is 393. The van der Waals surface area contributed by atoms with Crippen LogP contribution in [-0.4, -0.2) is 31.3 Å². The maximum Gasteiger partial charge on any atom is 0.0597 e. The van der Waals surface area contributed by atoms with Crippen LogP contribution in [0.25, 0.3) is 0 Å². The molecule has 0 amide bonds. The maximum absolute atomic E-state index is 6.21. The van der Waals surface area contributed by atoms with Crippen molar-refractivity contribution in [3.63, 3.8) is 0 Å². The average Bonchev–Trinajstić information content (AvgIpc) is 2.50. The third-order valence-corrected chi connectivity index (χ3v) is 4.48. The SMILES string of the molecule is CCCC1CC(CN)(N(CC)c2ccccc2)CCO1. The number of ether oxygens (including phenoxy) is 1. The Balaban J connectivity index is 2.23. The number of nitrogens with zero attached hydrogens (tertiary/aromatic N) is 1. The molecule has 112 valence electrons. The molecule has 3 heteroatoms. The first-order valence-corrected chi connectivity index (χ1v) is 7.90. The molecule has 1 fully saturated rings. The summed E-state index contributed by atoms with van der Waals surface area (Å²) >= 11 is 0. The Kier molecular flexibility index (Phi) is 5.44. The molecule has 2 N–H and O–H groups in total. The zero-order chi connectivity index (χ0) is 14.4. The van der Waals surface area contributed by atoms with Crippen LogP contribution in [0.5, 0.6) is 0 Å². The Morgan fingerprint density at radius 3 is 2.65 bits per heavy atom. The van der Waals surface area contributed by atoms with Crippen LogP contribution >= 0.6 is 0 Å². The molecule has 0 saturated carbocycles. The standard InChI is InChI=1S/C17H28N2O/c1-3-8-16-13-17(14-18,11-12-20-16)19(4-2)15-9-6-5-7-10-15/h5-7,9-10,16H,3-4,8,11-14,18H2,1-2H3. The number of para-hydroxylation sites is 1. The van der Waals surface area contributed by atoms with Crippen LogP contribution in [0.1, 0.15) is 39.5 Å². The largest absolute Gasteiger partial charge is 0.378 e. The highest BCUT2D eigenvalue weighted by atomic mass is 16.5. The van der Waals surface area contributed by atoms with E-state index >= 15 is 0 Å². The fourth-order valence-electron chi connectivity index (χ4n) is 3.45. The van der Waals surface area contributed by atoms with Crippen molar-refractivity contribution in [1.29, 1.82) is 0 Å². The van der Waals surface area contributed by atoms with Crippen molar-refractivity contribution >= 4 is 5.69 Å². The zero-order valence-electron chi connectivity index (χ0n) is 12.8. The van der Waals surface area contributed by atoms with Crippen molar-refractivity contribution in [2.24, 2.45) is 5.73 Å². The van der Waals surface area contributed by atoms with E-state index in [4.69, 9.17) is 10.5 Å². The average molecular weight is 276 g/mol. The first kappa shape index (κ1) is 15.3.